The van der Waals surface area contributed by atoms with E-state index in [2.05, 4.69) is 25.6 Å². The van der Waals surface area contributed by atoms with Crippen LogP contribution in [0.25, 0.3) is 0 Å². The average molecular weight is 363 g/mol. The van der Waals surface area contributed by atoms with Crippen molar-refractivity contribution in [1.82, 2.24) is 20.3 Å². The molecule has 3 rings (SSSR count). The predicted molar refractivity (Wildman–Crippen MR) is 98.5 cm³/mol. The van der Waals surface area contributed by atoms with Gasteiger partial charge in [0.15, 0.2) is 0 Å². The lowest BCUT2D eigenvalue weighted by Gasteiger charge is -2.08. The van der Waals surface area contributed by atoms with Crippen molar-refractivity contribution in [2.45, 2.75) is 6.54 Å². The Morgan fingerprint density at radius 2 is 1.89 bits per heavy atom. The number of amides is 1. The largest absolute Gasteiger partial charge is 0.465 e. The van der Waals surface area contributed by atoms with Crippen LogP contribution in [0.4, 0.5) is 11.6 Å². The second-order valence-electron chi connectivity index (χ2n) is 5.50. The number of rotatable bonds is 6. The number of methoxy groups -OCH3 is 1. The predicted octanol–water partition coefficient (Wildman–Crippen LogP) is 2.33. The molecular formula is C19H17N5O3. The Kier molecular flexibility index (Phi) is 5.68. The summed E-state index contributed by atoms with van der Waals surface area (Å²) in [6.07, 6.45) is 4.81. The van der Waals surface area contributed by atoms with E-state index in [0.29, 0.717) is 17.8 Å². The molecule has 1 aromatic carbocycles. The van der Waals surface area contributed by atoms with E-state index in [9.17, 15) is 9.59 Å². The molecule has 27 heavy (non-hydrogen) atoms. The van der Waals surface area contributed by atoms with Crippen molar-refractivity contribution in [2.75, 3.05) is 12.4 Å². The lowest BCUT2D eigenvalue weighted by atomic mass is 10.2. The number of carbonyl (C=O) groups excluding carboxylic acids is 2. The van der Waals surface area contributed by atoms with Gasteiger partial charge in [0.1, 0.15) is 5.69 Å². The van der Waals surface area contributed by atoms with E-state index in [-0.39, 0.29) is 17.5 Å². The van der Waals surface area contributed by atoms with Crippen LogP contribution in [-0.2, 0) is 11.3 Å². The molecule has 0 aliphatic heterocycles. The molecular weight excluding hydrogens is 346 g/mol. The van der Waals surface area contributed by atoms with Gasteiger partial charge in [-0.3, -0.25) is 9.78 Å². The molecule has 2 aromatic heterocycles. The molecule has 0 radical (unpaired) electrons. The van der Waals surface area contributed by atoms with E-state index in [1.165, 1.54) is 19.4 Å². The summed E-state index contributed by atoms with van der Waals surface area (Å²) >= 11 is 0. The number of hydrogen-bond donors (Lipinski definition) is 2. The fourth-order valence-corrected chi connectivity index (χ4v) is 2.29. The second-order valence-corrected chi connectivity index (χ2v) is 5.50. The number of hydrogen-bond acceptors (Lipinski definition) is 7. The molecule has 136 valence electrons. The summed E-state index contributed by atoms with van der Waals surface area (Å²) in [7, 11) is 1.32. The van der Waals surface area contributed by atoms with Gasteiger partial charge < -0.3 is 15.4 Å². The number of benzene rings is 1. The summed E-state index contributed by atoms with van der Waals surface area (Å²) in [5.41, 5.74) is 2.16. The lowest BCUT2D eigenvalue weighted by molar-refractivity contribution is 0.0600. The molecule has 8 heteroatoms. The highest BCUT2D eigenvalue weighted by molar-refractivity contribution is 5.92. The van der Waals surface area contributed by atoms with Gasteiger partial charge in [-0.1, -0.05) is 6.07 Å². The summed E-state index contributed by atoms with van der Waals surface area (Å²) in [5, 5.41) is 5.77. The van der Waals surface area contributed by atoms with Crippen molar-refractivity contribution in [1.29, 1.82) is 0 Å². The van der Waals surface area contributed by atoms with Crippen molar-refractivity contribution >= 4 is 23.5 Å². The van der Waals surface area contributed by atoms with Crippen LogP contribution in [0.15, 0.2) is 61.1 Å². The average Bonchev–Trinajstić information content (AvgIpc) is 2.72. The number of aromatic nitrogens is 3. The van der Waals surface area contributed by atoms with Gasteiger partial charge in [-0.15, -0.1) is 0 Å². The molecule has 2 heterocycles. The van der Waals surface area contributed by atoms with Gasteiger partial charge >= 0.3 is 5.97 Å². The second kappa shape index (κ2) is 8.52. The van der Waals surface area contributed by atoms with Crippen molar-refractivity contribution in [3.8, 4) is 0 Å². The van der Waals surface area contributed by atoms with E-state index in [0.717, 1.165) is 5.56 Å². The zero-order valence-corrected chi connectivity index (χ0v) is 14.5. The number of pyridine rings is 1. The van der Waals surface area contributed by atoms with Gasteiger partial charge in [-0.25, -0.2) is 14.8 Å². The smallest absolute Gasteiger partial charge is 0.337 e. The Morgan fingerprint density at radius 1 is 1.07 bits per heavy atom. The van der Waals surface area contributed by atoms with Crippen LogP contribution in [0.3, 0.4) is 0 Å². The highest BCUT2D eigenvalue weighted by atomic mass is 16.5. The SMILES string of the molecule is COC(=O)c1cccc(Nc2nccc(C(=O)NCc3ccncc3)n2)c1. The zero-order chi connectivity index (χ0) is 19.1. The molecule has 0 aliphatic carbocycles. The Hall–Kier alpha value is -3.81. The number of anilines is 2. The Labute approximate surface area is 155 Å². The van der Waals surface area contributed by atoms with E-state index >= 15 is 0 Å². The van der Waals surface area contributed by atoms with Crippen LogP contribution in [0, 0.1) is 0 Å². The third kappa shape index (κ3) is 4.85. The fourth-order valence-electron chi connectivity index (χ4n) is 2.29. The Balaban J connectivity index is 1.68. The molecule has 2 N–H and O–H groups in total. The molecule has 0 fully saturated rings. The van der Waals surface area contributed by atoms with Crippen LogP contribution >= 0.6 is 0 Å². The minimum absolute atomic E-state index is 0.227. The maximum Gasteiger partial charge on any atom is 0.337 e. The first kappa shape index (κ1) is 18.0. The maximum absolute atomic E-state index is 12.3. The van der Waals surface area contributed by atoms with Gasteiger partial charge in [0.2, 0.25) is 5.95 Å². The normalized spacial score (nSPS) is 10.1. The number of carbonyl (C=O) groups is 2. The molecule has 3 aromatic rings. The molecule has 0 bridgehead atoms. The Morgan fingerprint density at radius 3 is 2.67 bits per heavy atom. The van der Waals surface area contributed by atoms with Crippen molar-refractivity contribution in [3.63, 3.8) is 0 Å². The molecule has 0 atom stereocenters. The van der Waals surface area contributed by atoms with Crippen molar-refractivity contribution < 1.29 is 14.3 Å². The van der Waals surface area contributed by atoms with Crippen molar-refractivity contribution in [3.05, 3.63) is 77.9 Å². The van der Waals surface area contributed by atoms with Crippen LogP contribution in [0.2, 0.25) is 0 Å². The number of nitrogens with zero attached hydrogens (tertiary/aromatic N) is 3. The summed E-state index contributed by atoms with van der Waals surface area (Å²) < 4.78 is 4.70. The number of esters is 1. The summed E-state index contributed by atoms with van der Waals surface area (Å²) in [6, 6.07) is 11.9. The highest BCUT2D eigenvalue weighted by Gasteiger charge is 2.10. The van der Waals surface area contributed by atoms with E-state index < -0.39 is 5.97 Å². The van der Waals surface area contributed by atoms with Crippen LogP contribution < -0.4 is 10.6 Å². The van der Waals surface area contributed by atoms with Gasteiger partial charge in [-0.05, 0) is 42.0 Å². The molecule has 1 amide bonds. The third-order valence-corrected chi connectivity index (χ3v) is 3.63. The first-order valence-corrected chi connectivity index (χ1v) is 8.11. The van der Waals surface area contributed by atoms with E-state index in [1.807, 2.05) is 12.1 Å². The highest BCUT2D eigenvalue weighted by Crippen LogP contribution is 2.15. The number of ether oxygens (including phenoxy) is 1. The van der Waals surface area contributed by atoms with Gasteiger partial charge in [0.05, 0.1) is 12.7 Å². The van der Waals surface area contributed by atoms with Gasteiger partial charge in [0.25, 0.3) is 5.91 Å². The van der Waals surface area contributed by atoms with Crippen LogP contribution in [0.5, 0.6) is 0 Å². The quantitative estimate of drug-likeness (QED) is 0.647. The molecule has 0 aliphatic rings. The van der Waals surface area contributed by atoms with Crippen LogP contribution in [-0.4, -0.2) is 33.9 Å². The summed E-state index contributed by atoms with van der Waals surface area (Å²) in [6.45, 7) is 0.370. The molecule has 0 unspecified atom stereocenters. The minimum Gasteiger partial charge on any atom is -0.465 e. The lowest BCUT2D eigenvalue weighted by Crippen LogP contribution is -2.24. The monoisotopic (exact) mass is 363 g/mol. The standard InChI is InChI=1S/C19H17N5O3/c1-27-18(26)14-3-2-4-15(11-14)23-19-21-10-7-16(24-19)17(25)22-12-13-5-8-20-9-6-13/h2-11H,12H2,1H3,(H,22,25)(H,21,23,24). The van der Waals surface area contributed by atoms with Gasteiger partial charge in [0, 0.05) is 30.8 Å². The first-order chi connectivity index (χ1) is 13.2. The van der Waals surface area contributed by atoms with E-state index in [1.54, 1.807) is 36.7 Å². The fraction of sp³-hybridized carbons (Fsp3) is 0.105. The molecule has 0 saturated heterocycles. The summed E-state index contributed by atoms with van der Waals surface area (Å²) in [4.78, 5) is 36.2. The van der Waals surface area contributed by atoms with E-state index in [4.69, 9.17) is 4.74 Å². The molecule has 0 spiro atoms. The molecule has 8 nitrogen and oxygen atoms in total. The molecule has 0 saturated carbocycles. The minimum atomic E-state index is -0.441. The maximum atomic E-state index is 12.3. The summed E-state index contributed by atoms with van der Waals surface area (Å²) in [5.74, 6) is -0.516. The van der Waals surface area contributed by atoms with Crippen LogP contribution in [0.1, 0.15) is 26.4 Å². The zero-order valence-electron chi connectivity index (χ0n) is 14.5. The van der Waals surface area contributed by atoms with Gasteiger partial charge in [-0.2, -0.15) is 0 Å². The van der Waals surface area contributed by atoms with Crippen molar-refractivity contribution in [2.24, 2.45) is 0 Å². The third-order valence-electron chi connectivity index (χ3n) is 3.63. The topological polar surface area (TPSA) is 106 Å². The Bertz CT molecular complexity index is 947. The first-order valence-electron chi connectivity index (χ1n) is 8.11. The number of nitrogens with one attached hydrogen (secondary N) is 2.